The molecule has 0 amide bonds. The lowest BCUT2D eigenvalue weighted by atomic mass is 10.0. The van der Waals surface area contributed by atoms with E-state index in [4.69, 9.17) is 11.6 Å². The summed E-state index contributed by atoms with van der Waals surface area (Å²) < 4.78 is 13.3. The fourth-order valence-electron chi connectivity index (χ4n) is 2.01. The summed E-state index contributed by atoms with van der Waals surface area (Å²) in [5.41, 5.74) is 2.63. The van der Waals surface area contributed by atoms with E-state index >= 15 is 0 Å². The highest BCUT2D eigenvalue weighted by Gasteiger charge is 2.10. The maximum absolute atomic E-state index is 13.3. The van der Waals surface area contributed by atoms with Crippen molar-refractivity contribution in [3.63, 3.8) is 0 Å². The van der Waals surface area contributed by atoms with Gasteiger partial charge in [-0.2, -0.15) is 0 Å². The zero-order valence-corrected chi connectivity index (χ0v) is 11.4. The molecule has 2 aromatic carbocycles. The Balaban J connectivity index is 2.08. The number of rotatable bonds is 4. The fraction of sp³-hybridized carbons (Fsp3) is 0.188. The molecule has 0 radical (unpaired) electrons. The van der Waals surface area contributed by atoms with Gasteiger partial charge >= 0.3 is 0 Å². The molecule has 0 aliphatic carbocycles. The Morgan fingerprint density at radius 1 is 1.16 bits per heavy atom. The Hall–Kier alpha value is -1.67. The maximum atomic E-state index is 13.3. The van der Waals surface area contributed by atoms with Gasteiger partial charge in [-0.05, 0) is 24.1 Å². The maximum Gasteiger partial charge on any atom is 0.142 e. The van der Waals surface area contributed by atoms with E-state index in [1.54, 1.807) is 12.1 Å². The van der Waals surface area contributed by atoms with Crippen LogP contribution in [-0.2, 0) is 17.6 Å². The number of carbonyl (C=O) groups excluding carboxylic acids is 1. The first-order valence-corrected chi connectivity index (χ1v) is 6.44. The summed E-state index contributed by atoms with van der Waals surface area (Å²) >= 11 is 5.84. The quantitative estimate of drug-likeness (QED) is 0.820. The van der Waals surface area contributed by atoms with Gasteiger partial charge in [-0.25, -0.2) is 4.39 Å². The summed E-state index contributed by atoms with van der Waals surface area (Å²) in [6.45, 7) is 1.98. The van der Waals surface area contributed by atoms with Gasteiger partial charge in [0.2, 0.25) is 0 Å². The summed E-state index contributed by atoms with van der Waals surface area (Å²) in [5, 5.41) is 0.0418. The van der Waals surface area contributed by atoms with E-state index in [1.165, 1.54) is 6.07 Å². The van der Waals surface area contributed by atoms with E-state index in [-0.39, 0.29) is 17.2 Å². The normalized spacial score (nSPS) is 10.5. The van der Waals surface area contributed by atoms with E-state index in [9.17, 15) is 9.18 Å². The van der Waals surface area contributed by atoms with E-state index in [1.807, 2.05) is 31.2 Å². The molecule has 2 aromatic rings. The van der Waals surface area contributed by atoms with E-state index in [0.29, 0.717) is 12.0 Å². The molecule has 0 aliphatic heterocycles. The molecular formula is C16H14ClFO. The number of aryl methyl sites for hydroxylation is 1. The number of hydrogen-bond donors (Lipinski definition) is 0. The lowest BCUT2D eigenvalue weighted by Crippen LogP contribution is -2.07. The third-order valence-electron chi connectivity index (χ3n) is 2.90. The zero-order valence-electron chi connectivity index (χ0n) is 10.6. The lowest BCUT2D eigenvalue weighted by molar-refractivity contribution is -0.117. The van der Waals surface area contributed by atoms with Crippen molar-refractivity contribution in [1.29, 1.82) is 0 Å². The predicted molar refractivity (Wildman–Crippen MR) is 75.0 cm³/mol. The fourth-order valence-corrected chi connectivity index (χ4v) is 2.20. The molecule has 1 nitrogen and oxygen atoms in total. The Bertz CT molecular complexity index is 607. The van der Waals surface area contributed by atoms with Crippen LogP contribution >= 0.6 is 11.6 Å². The molecule has 0 N–H and O–H groups in total. The Morgan fingerprint density at radius 3 is 2.63 bits per heavy atom. The van der Waals surface area contributed by atoms with Crippen LogP contribution in [0, 0.1) is 12.7 Å². The first-order valence-electron chi connectivity index (χ1n) is 6.06. The highest BCUT2D eigenvalue weighted by Crippen LogP contribution is 2.20. The van der Waals surface area contributed by atoms with Crippen LogP contribution in [0.5, 0.6) is 0 Å². The highest BCUT2D eigenvalue weighted by molar-refractivity contribution is 6.31. The second-order valence-electron chi connectivity index (χ2n) is 4.59. The van der Waals surface area contributed by atoms with E-state index < -0.39 is 5.82 Å². The van der Waals surface area contributed by atoms with Gasteiger partial charge in [-0.15, -0.1) is 0 Å². The molecule has 0 fully saturated rings. The number of carbonyl (C=O) groups is 1. The molecule has 0 unspecified atom stereocenters. The van der Waals surface area contributed by atoms with Gasteiger partial charge in [0.1, 0.15) is 11.6 Å². The Labute approximate surface area is 117 Å². The first kappa shape index (κ1) is 13.8. The molecule has 0 saturated carbocycles. The Kier molecular flexibility index (Phi) is 4.33. The molecular weight excluding hydrogens is 263 g/mol. The van der Waals surface area contributed by atoms with Crippen molar-refractivity contribution in [1.82, 2.24) is 0 Å². The zero-order chi connectivity index (χ0) is 13.8. The highest BCUT2D eigenvalue weighted by atomic mass is 35.5. The molecule has 0 bridgehead atoms. The number of Topliss-reactive ketones (excluding diaryl/α,β-unsaturated/α-hetero) is 1. The molecule has 19 heavy (non-hydrogen) atoms. The van der Waals surface area contributed by atoms with Crippen LogP contribution in [0.2, 0.25) is 5.02 Å². The molecule has 98 valence electrons. The monoisotopic (exact) mass is 276 g/mol. The molecule has 0 aromatic heterocycles. The molecule has 0 spiro atoms. The molecule has 2 rings (SSSR count). The van der Waals surface area contributed by atoms with Crippen molar-refractivity contribution in [2.75, 3.05) is 0 Å². The van der Waals surface area contributed by atoms with Crippen LogP contribution in [0.25, 0.3) is 0 Å². The van der Waals surface area contributed by atoms with Crippen molar-refractivity contribution in [2.24, 2.45) is 0 Å². The van der Waals surface area contributed by atoms with Crippen LogP contribution < -0.4 is 0 Å². The van der Waals surface area contributed by atoms with Crippen LogP contribution in [-0.4, -0.2) is 5.78 Å². The van der Waals surface area contributed by atoms with E-state index in [2.05, 4.69) is 0 Å². The van der Waals surface area contributed by atoms with Gasteiger partial charge in [0.25, 0.3) is 0 Å². The van der Waals surface area contributed by atoms with Gasteiger partial charge in [-0.1, -0.05) is 53.6 Å². The second-order valence-corrected chi connectivity index (χ2v) is 4.97. The minimum Gasteiger partial charge on any atom is -0.299 e. The molecule has 0 saturated heterocycles. The minimum absolute atomic E-state index is 0.0260. The molecule has 0 atom stereocenters. The van der Waals surface area contributed by atoms with Gasteiger partial charge < -0.3 is 0 Å². The molecule has 0 heterocycles. The Morgan fingerprint density at radius 2 is 1.89 bits per heavy atom. The number of benzene rings is 2. The predicted octanol–water partition coefficient (Wildman–Crippen LogP) is 4.14. The summed E-state index contributed by atoms with van der Waals surface area (Å²) in [5.74, 6) is -0.458. The van der Waals surface area contributed by atoms with Crippen LogP contribution in [0.4, 0.5) is 4.39 Å². The van der Waals surface area contributed by atoms with Crippen LogP contribution in [0.3, 0.4) is 0 Å². The smallest absolute Gasteiger partial charge is 0.142 e. The summed E-state index contributed by atoms with van der Waals surface area (Å²) in [6, 6.07) is 12.3. The first-order chi connectivity index (χ1) is 9.06. The summed E-state index contributed by atoms with van der Waals surface area (Å²) in [4.78, 5) is 12.0. The summed E-state index contributed by atoms with van der Waals surface area (Å²) in [6.07, 6.45) is 0.499. The van der Waals surface area contributed by atoms with Gasteiger partial charge in [0, 0.05) is 12.8 Å². The minimum atomic E-state index is -0.484. The van der Waals surface area contributed by atoms with Crippen molar-refractivity contribution in [3.05, 3.63) is 70.0 Å². The average Bonchev–Trinajstić information content (AvgIpc) is 2.35. The second kappa shape index (κ2) is 5.98. The van der Waals surface area contributed by atoms with Gasteiger partial charge in [0.15, 0.2) is 0 Å². The van der Waals surface area contributed by atoms with Gasteiger partial charge in [-0.3, -0.25) is 4.79 Å². The molecule has 0 aliphatic rings. The van der Waals surface area contributed by atoms with Crippen LogP contribution in [0.1, 0.15) is 16.7 Å². The molecule has 3 heteroatoms. The summed E-state index contributed by atoms with van der Waals surface area (Å²) in [7, 11) is 0. The number of ketones is 1. The van der Waals surface area contributed by atoms with Crippen molar-refractivity contribution in [3.8, 4) is 0 Å². The van der Waals surface area contributed by atoms with Crippen LogP contribution in [0.15, 0.2) is 42.5 Å². The largest absolute Gasteiger partial charge is 0.299 e. The third kappa shape index (κ3) is 3.65. The third-order valence-corrected chi connectivity index (χ3v) is 3.33. The topological polar surface area (TPSA) is 17.1 Å². The van der Waals surface area contributed by atoms with Crippen molar-refractivity contribution < 1.29 is 9.18 Å². The standard InChI is InChI=1S/C16H14ClFO/c1-11-4-2-5-12(8-11)9-14(19)10-13-6-3-7-15(18)16(13)17/h2-8H,9-10H2,1H3. The van der Waals surface area contributed by atoms with E-state index in [0.717, 1.165) is 11.1 Å². The van der Waals surface area contributed by atoms with Crippen molar-refractivity contribution >= 4 is 17.4 Å². The van der Waals surface area contributed by atoms with Gasteiger partial charge in [0.05, 0.1) is 5.02 Å². The number of halogens is 2. The van der Waals surface area contributed by atoms with Crippen molar-refractivity contribution in [2.45, 2.75) is 19.8 Å². The average molecular weight is 277 g/mol. The SMILES string of the molecule is Cc1cccc(CC(=O)Cc2cccc(F)c2Cl)c1. The lowest BCUT2D eigenvalue weighted by Gasteiger charge is -2.05. The number of hydrogen-bond acceptors (Lipinski definition) is 1.